The van der Waals surface area contributed by atoms with E-state index in [4.69, 9.17) is 4.52 Å². The molecule has 1 aliphatic carbocycles. The minimum Gasteiger partial charge on any atom is -0.332 e. The molecule has 0 bridgehead atoms. The molecular weight excluding hydrogens is 374 g/mol. The summed E-state index contributed by atoms with van der Waals surface area (Å²) in [7, 11) is 0. The molecule has 0 atom stereocenters. The Morgan fingerprint density at radius 2 is 1.72 bits per heavy atom. The molecule has 0 spiro atoms. The standard InChI is InChI=1S/C22H16F2N4O/c1-13-25-21(29-28-13)20-18-8-9-22(12-19(18)26-27-20,14-4-2-6-16(23)10-14)15-5-3-7-17(24)11-15/h2-11H,12H2,1H3,(H,26,27). The Hall–Kier alpha value is -3.61. The molecule has 4 aromatic rings. The number of hydrogen-bond donors (Lipinski definition) is 1. The lowest BCUT2D eigenvalue weighted by Gasteiger charge is -2.34. The van der Waals surface area contributed by atoms with Crippen LogP contribution in [0.4, 0.5) is 8.78 Å². The van der Waals surface area contributed by atoms with Gasteiger partial charge in [-0.2, -0.15) is 10.1 Å². The Morgan fingerprint density at radius 3 is 2.31 bits per heavy atom. The summed E-state index contributed by atoms with van der Waals surface area (Å²) in [5.74, 6) is 0.160. The summed E-state index contributed by atoms with van der Waals surface area (Å²) in [5, 5.41) is 11.2. The van der Waals surface area contributed by atoms with E-state index in [1.165, 1.54) is 24.3 Å². The van der Waals surface area contributed by atoms with E-state index in [2.05, 4.69) is 20.3 Å². The van der Waals surface area contributed by atoms with E-state index < -0.39 is 5.41 Å². The van der Waals surface area contributed by atoms with Crippen LogP contribution in [0.15, 0.2) is 59.1 Å². The largest absolute Gasteiger partial charge is 0.332 e. The SMILES string of the molecule is Cc1noc(-c2n[nH]c3c2C=CC(c2cccc(F)c2)(c2cccc(F)c2)C3)n1. The predicted molar refractivity (Wildman–Crippen MR) is 103 cm³/mol. The summed E-state index contributed by atoms with van der Waals surface area (Å²) in [4.78, 5) is 4.24. The van der Waals surface area contributed by atoms with Gasteiger partial charge in [0.2, 0.25) is 0 Å². The second-order valence-corrected chi connectivity index (χ2v) is 7.11. The van der Waals surface area contributed by atoms with E-state index in [0.29, 0.717) is 23.8 Å². The van der Waals surface area contributed by atoms with Crippen LogP contribution < -0.4 is 0 Å². The quantitative estimate of drug-likeness (QED) is 0.555. The van der Waals surface area contributed by atoms with Crippen molar-refractivity contribution in [3.63, 3.8) is 0 Å². The van der Waals surface area contributed by atoms with Crippen molar-refractivity contribution in [2.75, 3.05) is 0 Å². The van der Waals surface area contributed by atoms with Gasteiger partial charge in [0.25, 0.3) is 5.89 Å². The smallest absolute Gasteiger partial charge is 0.279 e. The maximum atomic E-state index is 14.1. The molecule has 0 saturated carbocycles. The van der Waals surface area contributed by atoms with E-state index in [0.717, 1.165) is 22.4 Å². The van der Waals surface area contributed by atoms with Gasteiger partial charge in [-0.25, -0.2) is 8.78 Å². The number of aromatic nitrogens is 4. The van der Waals surface area contributed by atoms with Crippen LogP contribution in [0, 0.1) is 18.6 Å². The van der Waals surface area contributed by atoms with Gasteiger partial charge >= 0.3 is 0 Å². The monoisotopic (exact) mass is 390 g/mol. The number of rotatable bonds is 3. The van der Waals surface area contributed by atoms with Crippen LogP contribution in [0.25, 0.3) is 17.7 Å². The Morgan fingerprint density at radius 1 is 1.03 bits per heavy atom. The van der Waals surface area contributed by atoms with E-state index in [1.807, 2.05) is 24.3 Å². The molecular formula is C22H16F2N4O. The van der Waals surface area contributed by atoms with Crippen molar-refractivity contribution in [1.82, 2.24) is 20.3 Å². The topological polar surface area (TPSA) is 67.6 Å². The number of nitrogens with zero attached hydrogens (tertiary/aromatic N) is 3. The third kappa shape index (κ3) is 2.86. The number of hydrogen-bond acceptors (Lipinski definition) is 4. The number of allylic oxidation sites excluding steroid dienone is 1. The minimum atomic E-state index is -0.744. The third-order valence-electron chi connectivity index (χ3n) is 5.28. The summed E-state index contributed by atoms with van der Waals surface area (Å²) in [5.41, 5.74) is 2.93. The molecule has 0 radical (unpaired) electrons. The van der Waals surface area contributed by atoms with Gasteiger partial charge in [-0.1, -0.05) is 41.6 Å². The highest BCUT2D eigenvalue weighted by Crippen LogP contribution is 2.43. The van der Waals surface area contributed by atoms with Gasteiger partial charge in [0.1, 0.15) is 11.6 Å². The van der Waals surface area contributed by atoms with Gasteiger partial charge in [0.15, 0.2) is 11.5 Å². The Balaban J connectivity index is 1.68. The van der Waals surface area contributed by atoms with Crippen molar-refractivity contribution in [3.05, 3.63) is 94.5 Å². The van der Waals surface area contributed by atoms with Gasteiger partial charge in [0, 0.05) is 23.1 Å². The average molecular weight is 390 g/mol. The van der Waals surface area contributed by atoms with Crippen molar-refractivity contribution in [3.8, 4) is 11.6 Å². The summed E-state index contributed by atoms with van der Waals surface area (Å²) >= 11 is 0. The second-order valence-electron chi connectivity index (χ2n) is 7.11. The zero-order valence-corrected chi connectivity index (χ0v) is 15.5. The lowest BCUT2D eigenvalue weighted by molar-refractivity contribution is 0.424. The van der Waals surface area contributed by atoms with Crippen molar-refractivity contribution in [2.24, 2.45) is 0 Å². The van der Waals surface area contributed by atoms with Crippen LogP contribution in [-0.4, -0.2) is 20.3 Å². The zero-order valence-electron chi connectivity index (χ0n) is 15.5. The average Bonchev–Trinajstić information content (AvgIpc) is 3.33. The molecule has 2 aromatic heterocycles. The number of fused-ring (bicyclic) bond motifs is 1. The number of H-pyrrole nitrogens is 1. The normalized spacial score (nSPS) is 14.7. The zero-order chi connectivity index (χ0) is 20.0. The fourth-order valence-corrected chi connectivity index (χ4v) is 3.92. The maximum absolute atomic E-state index is 14.1. The molecule has 5 nitrogen and oxygen atoms in total. The second kappa shape index (κ2) is 6.48. The molecule has 0 aliphatic heterocycles. The van der Waals surface area contributed by atoms with Crippen molar-refractivity contribution >= 4 is 6.08 Å². The lowest BCUT2D eigenvalue weighted by atomic mass is 9.68. The Labute approximate surface area is 165 Å². The summed E-state index contributed by atoms with van der Waals surface area (Å²) in [6.07, 6.45) is 4.31. The molecule has 5 rings (SSSR count). The molecule has 1 N–H and O–H groups in total. The Bertz CT molecular complexity index is 1200. The van der Waals surface area contributed by atoms with E-state index in [1.54, 1.807) is 19.1 Å². The van der Waals surface area contributed by atoms with Crippen LogP contribution in [-0.2, 0) is 11.8 Å². The van der Waals surface area contributed by atoms with E-state index in [-0.39, 0.29) is 11.6 Å². The van der Waals surface area contributed by atoms with E-state index >= 15 is 0 Å². The predicted octanol–water partition coefficient (Wildman–Crippen LogP) is 4.60. The fraction of sp³-hybridized carbons (Fsp3) is 0.136. The number of halogens is 2. The molecule has 29 heavy (non-hydrogen) atoms. The van der Waals surface area contributed by atoms with Crippen LogP contribution in [0.1, 0.15) is 28.2 Å². The molecule has 0 amide bonds. The molecule has 2 heterocycles. The van der Waals surface area contributed by atoms with Crippen molar-refractivity contribution in [2.45, 2.75) is 18.8 Å². The van der Waals surface area contributed by atoms with Crippen molar-refractivity contribution < 1.29 is 13.3 Å². The first kappa shape index (κ1) is 17.5. The maximum Gasteiger partial charge on any atom is 0.279 e. The molecule has 0 saturated heterocycles. The minimum absolute atomic E-state index is 0.327. The lowest BCUT2D eigenvalue weighted by Crippen LogP contribution is -2.30. The number of nitrogens with one attached hydrogen (secondary N) is 1. The number of aromatic amines is 1. The number of aryl methyl sites for hydroxylation is 1. The highest BCUT2D eigenvalue weighted by molar-refractivity contribution is 5.73. The summed E-state index contributed by atoms with van der Waals surface area (Å²) in [6.45, 7) is 1.74. The molecule has 144 valence electrons. The Kier molecular flexibility index (Phi) is 3.91. The van der Waals surface area contributed by atoms with Crippen LogP contribution in [0.3, 0.4) is 0 Å². The number of benzene rings is 2. The summed E-state index contributed by atoms with van der Waals surface area (Å²) in [6, 6.07) is 12.8. The van der Waals surface area contributed by atoms with Gasteiger partial charge < -0.3 is 4.52 Å². The summed E-state index contributed by atoms with van der Waals surface area (Å²) < 4.78 is 33.4. The molecule has 7 heteroatoms. The highest BCUT2D eigenvalue weighted by Gasteiger charge is 2.37. The van der Waals surface area contributed by atoms with Crippen LogP contribution >= 0.6 is 0 Å². The van der Waals surface area contributed by atoms with Crippen molar-refractivity contribution in [1.29, 1.82) is 0 Å². The molecule has 0 unspecified atom stereocenters. The molecule has 0 fully saturated rings. The molecule has 2 aromatic carbocycles. The van der Waals surface area contributed by atoms with Gasteiger partial charge in [-0.3, -0.25) is 5.10 Å². The van der Waals surface area contributed by atoms with Gasteiger partial charge in [-0.05, 0) is 42.3 Å². The molecule has 1 aliphatic rings. The first-order chi connectivity index (χ1) is 14.0. The van der Waals surface area contributed by atoms with Crippen LogP contribution in [0.5, 0.6) is 0 Å². The van der Waals surface area contributed by atoms with E-state index in [9.17, 15) is 8.78 Å². The fourth-order valence-electron chi connectivity index (χ4n) is 3.92. The highest BCUT2D eigenvalue weighted by atomic mass is 19.1. The van der Waals surface area contributed by atoms with Gasteiger partial charge in [0.05, 0.1) is 0 Å². The first-order valence-electron chi connectivity index (χ1n) is 9.14. The first-order valence-corrected chi connectivity index (χ1v) is 9.14. The van der Waals surface area contributed by atoms with Crippen LogP contribution in [0.2, 0.25) is 0 Å². The third-order valence-corrected chi connectivity index (χ3v) is 5.28. The van der Waals surface area contributed by atoms with Gasteiger partial charge in [-0.15, -0.1) is 0 Å².